The fourth-order valence-electron chi connectivity index (χ4n) is 2.50. The van der Waals surface area contributed by atoms with Gasteiger partial charge in [0.25, 0.3) is 0 Å². The number of nitrogens with one attached hydrogen (secondary N) is 1. The Bertz CT molecular complexity index is 1040. The van der Waals surface area contributed by atoms with Gasteiger partial charge in [-0.15, -0.1) is 5.10 Å². The lowest BCUT2D eigenvalue weighted by atomic mass is 10.3. The predicted octanol–water partition coefficient (Wildman–Crippen LogP) is 1.71. The molecule has 0 bridgehead atoms. The van der Waals surface area contributed by atoms with Crippen molar-refractivity contribution in [2.24, 2.45) is 7.05 Å². The van der Waals surface area contributed by atoms with Gasteiger partial charge < -0.3 is 14.8 Å². The van der Waals surface area contributed by atoms with Gasteiger partial charge in [-0.2, -0.15) is 14.8 Å². The molecule has 0 saturated carbocycles. The molecule has 0 aliphatic heterocycles. The Morgan fingerprint density at radius 3 is 2.70 bits per heavy atom. The molecule has 3 aromatic heterocycles. The van der Waals surface area contributed by atoms with Gasteiger partial charge in [-0.25, -0.2) is 4.98 Å². The smallest absolute Gasteiger partial charge is 0.229 e. The zero-order valence-corrected chi connectivity index (χ0v) is 14.9. The Balaban J connectivity index is 1.59. The monoisotopic (exact) mass is 366 g/mol. The van der Waals surface area contributed by atoms with E-state index < -0.39 is 0 Å². The first-order chi connectivity index (χ1) is 13.2. The van der Waals surface area contributed by atoms with Crippen molar-refractivity contribution in [2.45, 2.75) is 0 Å². The highest BCUT2D eigenvalue weighted by Gasteiger charge is 2.11. The standard InChI is InChI=1S/C17H18N8O2/c1-24-11-12(9-19-24)20-17-18-10-15-16(21-17)25(23-22-15)13-3-5-14(6-4-13)27-8-7-26-2/h3-6,9-11H,7-8H2,1-2H3,(H,18,20,21). The number of hydrogen-bond acceptors (Lipinski definition) is 8. The number of aromatic nitrogens is 7. The van der Waals surface area contributed by atoms with Gasteiger partial charge >= 0.3 is 0 Å². The van der Waals surface area contributed by atoms with Crippen LogP contribution in [0.15, 0.2) is 42.9 Å². The highest BCUT2D eigenvalue weighted by Crippen LogP contribution is 2.19. The van der Waals surface area contributed by atoms with Crippen LogP contribution in [0.4, 0.5) is 11.6 Å². The summed E-state index contributed by atoms with van der Waals surface area (Å²) in [6, 6.07) is 7.53. The van der Waals surface area contributed by atoms with Gasteiger partial charge in [0.15, 0.2) is 11.2 Å². The van der Waals surface area contributed by atoms with Crippen LogP contribution >= 0.6 is 0 Å². The van der Waals surface area contributed by atoms with Crippen LogP contribution in [-0.2, 0) is 11.8 Å². The molecule has 138 valence electrons. The first-order valence-corrected chi connectivity index (χ1v) is 8.29. The maximum Gasteiger partial charge on any atom is 0.229 e. The predicted molar refractivity (Wildman–Crippen MR) is 98.3 cm³/mol. The SMILES string of the molecule is COCCOc1ccc(-n2nnc3cnc(Nc4cnn(C)c4)nc32)cc1. The second-order valence-corrected chi connectivity index (χ2v) is 5.77. The van der Waals surface area contributed by atoms with Crippen LogP contribution in [0.2, 0.25) is 0 Å². The summed E-state index contributed by atoms with van der Waals surface area (Å²) in [5, 5.41) is 15.5. The van der Waals surface area contributed by atoms with Crippen molar-refractivity contribution < 1.29 is 9.47 Å². The van der Waals surface area contributed by atoms with Crippen LogP contribution in [-0.4, -0.2) is 55.1 Å². The van der Waals surface area contributed by atoms with E-state index in [0.29, 0.717) is 30.3 Å². The van der Waals surface area contributed by atoms with Crippen molar-refractivity contribution in [3.8, 4) is 11.4 Å². The maximum absolute atomic E-state index is 5.58. The summed E-state index contributed by atoms with van der Waals surface area (Å²) in [6.45, 7) is 1.04. The topological polar surface area (TPSA) is 105 Å². The lowest BCUT2D eigenvalue weighted by Gasteiger charge is -2.07. The molecule has 0 radical (unpaired) electrons. The van der Waals surface area contributed by atoms with E-state index in [-0.39, 0.29) is 0 Å². The Morgan fingerprint density at radius 2 is 1.96 bits per heavy atom. The molecule has 1 aromatic carbocycles. The van der Waals surface area contributed by atoms with Crippen molar-refractivity contribution in [1.82, 2.24) is 34.7 Å². The quantitative estimate of drug-likeness (QED) is 0.493. The first-order valence-electron chi connectivity index (χ1n) is 8.29. The highest BCUT2D eigenvalue weighted by atomic mass is 16.5. The van der Waals surface area contributed by atoms with Gasteiger partial charge in [-0.1, -0.05) is 5.21 Å². The van der Waals surface area contributed by atoms with E-state index >= 15 is 0 Å². The highest BCUT2D eigenvalue weighted by molar-refractivity contribution is 5.72. The van der Waals surface area contributed by atoms with Crippen LogP contribution in [0.25, 0.3) is 16.9 Å². The fraction of sp³-hybridized carbons (Fsp3) is 0.235. The van der Waals surface area contributed by atoms with Crippen LogP contribution in [0.1, 0.15) is 0 Å². The number of ether oxygens (including phenoxy) is 2. The molecule has 3 heterocycles. The van der Waals surface area contributed by atoms with E-state index in [9.17, 15) is 0 Å². The van der Waals surface area contributed by atoms with Gasteiger partial charge in [-0.3, -0.25) is 4.68 Å². The molecule has 4 aromatic rings. The zero-order valence-electron chi connectivity index (χ0n) is 14.9. The summed E-state index contributed by atoms with van der Waals surface area (Å²) in [6.07, 6.45) is 5.17. The normalized spacial score (nSPS) is 11.0. The van der Waals surface area contributed by atoms with Crippen molar-refractivity contribution in [2.75, 3.05) is 25.6 Å². The fourth-order valence-corrected chi connectivity index (χ4v) is 2.50. The van der Waals surface area contributed by atoms with E-state index in [0.717, 1.165) is 17.1 Å². The van der Waals surface area contributed by atoms with Crippen molar-refractivity contribution in [3.05, 3.63) is 42.9 Å². The molecule has 10 heteroatoms. The third-order valence-corrected chi connectivity index (χ3v) is 3.79. The molecule has 10 nitrogen and oxygen atoms in total. The third-order valence-electron chi connectivity index (χ3n) is 3.79. The molecule has 0 aliphatic carbocycles. The summed E-state index contributed by atoms with van der Waals surface area (Å²) in [4.78, 5) is 8.80. The molecule has 0 aliphatic rings. The number of benzene rings is 1. The second-order valence-electron chi connectivity index (χ2n) is 5.77. The average Bonchev–Trinajstić information content (AvgIpc) is 3.28. The third kappa shape index (κ3) is 3.70. The Morgan fingerprint density at radius 1 is 1.11 bits per heavy atom. The number of fused-ring (bicyclic) bond motifs is 1. The zero-order chi connectivity index (χ0) is 18.6. The molecule has 0 amide bonds. The summed E-state index contributed by atoms with van der Waals surface area (Å²) in [7, 11) is 3.48. The van der Waals surface area contributed by atoms with Gasteiger partial charge in [0.05, 0.1) is 30.4 Å². The minimum absolute atomic E-state index is 0.443. The van der Waals surface area contributed by atoms with Crippen molar-refractivity contribution >= 4 is 22.8 Å². The Hall–Kier alpha value is -3.53. The minimum atomic E-state index is 0.443. The lowest BCUT2D eigenvalue weighted by molar-refractivity contribution is 0.146. The maximum atomic E-state index is 5.58. The number of hydrogen-bond donors (Lipinski definition) is 1. The molecular formula is C17H18N8O2. The van der Waals surface area contributed by atoms with E-state index in [2.05, 4.69) is 30.7 Å². The van der Waals surface area contributed by atoms with Crippen LogP contribution in [0.3, 0.4) is 0 Å². The van der Waals surface area contributed by atoms with E-state index in [1.165, 1.54) is 0 Å². The molecule has 0 spiro atoms. The number of rotatable bonds is 7. The molecule has 0 fully saturated rings. The van der Waals surface area contributed by atoms with Crippen LogP contribution in [0.5, 0.6) is 5.75 Å². The van der Waals surface area contributed by atoms with Crippen molar-refractivity contribution in [1.29, 1.82) is 0 Å². The minimum Gasteiger partial charge on any atom is -0.491 e. The van der Waals surface area contributed by atoms with Crippen LogP contribution in [0, 0.1) is 0 Å². The largest absolute Gasteiger partial charge is 0.491 e. The van der Waals surface area contributed by atoms with Gasteiger partial charge in [0, 0.05) is 20.4 Å². The number of methoxy groups -OCH3 is 1. The molecule has 27 heavy (non-hydrogen) atoms. The molecule has 0 saturated heterocycles. The molecule has 1 N–H and O–H groups in total. The first kappa shape index (κ1) is 16.9. The average molecular weight is 366 g/mol. The molecule has 4 rings (SSSR count). The van der Waals surface area contributed by atoms with Crippen LogP contribution < -0.4 is 10.1 Å². The summed E-state index contributed by atoms with van der Waals surface area (Å²) in [5.74, 6) is 1.20. The number of aryl methyl sites for hydroxylation is 1. The van der Waals surface area contributed by atoms with E-state index in [1.54, 1.807) is 28.9 Å². The lowest BCUT2D eigenvalue weighted by Crippen LogP contribution is -2.04. The Labute approximate surface area is 154 Å². The van der Waals surface area contributed by atoms with E-state index in [1.807, 2.05) is 37.5 Å². The summed E-state index contributed by atoms with van der Waals surface area (Å²) in [5.41, 5.74) is 2.83. The van der Waals surface area contributed by atoms with Crippen molar-refractivity contribution in [3.63, 3.8) is 0 Å². The summed E-state index contributed by atoms with van der Waals surface area (Å²) < 4.78 is 13.9. The summed E-state index contributed by atoms with van der Waals surface area (Å²) >= 11 is 0. The van der Waals surface area contributed by atoms with E-state index in [4.69, 9.17) is 9.47 Å². The molecule has 0 unspecified atom stereocenters. The van der Waals surface area contributed by atoms with Gasteiger partial charge in [-0.05, 0) is 24.3 Å². The van der Waals surface area contributed by atoms with Gasteiger partial charge in [0.1, 0.15) is 12.4 Å². The second kappa shape index (κ2) is 7.38. The molecule has 0 atom stereocenters. The molecular weight excluding hydrogens is 348 g/mol. The Kier molecular flexibility index (Phi) is 4.62. The number of anilines is 2. The number of nitrogens with zero attached hydrogens (tertiary/aromatic N) is 7. The van der Waals surface area contributed by atoms with Gasteiger partial charge in [0.2, 0.25) is 5.95 Å².